The third-order valence-corrected chi connectivity index (χ3v) is 3.28. The Balaban J connectivity index is 0.00000144. The highest BCUT2D eigenvalue weighted by Gasteiger charge is 2.24. The minimum absolute atomic E-state index is 0. The Morgan fingerprint density at radius 1 is 1.41 bits per heavy atom. The van der Waals surface area contributed by atoms with E-state index < -0.39 is 0 Å². The summed E-state index contributed by atoms with van der Waals surface area (Å²) in [5.74, 6) is 0.131. The maximum atomic E-state index is 12.3. The summed E-state index contributed by atoms with van der Waals surface area (Å²) in [7, 11) is 1.90. The highest BCUT2D eigenvalue weighted by molar-refractivity contribution is 5.95. The van der Waals surface area contributed by atoms with Gasteiger partial charge in [-0.3, -0.25) is 4.79 Å². The fourth-order valence-electron chi connectivity index (χ4n) is 2.14. The minimum Gasteiger partial charge on any atom is -0.337 e. The molecule has 1 atom stereocenters. The summed E-state index contributed by atoms with van der Waals surface area (Å²) in [6.07, 6.45) is 1.05. The van der Waals surface area contributed by atoms with Crippen molar-refractivity contribution in [1.29, 1.82) is 0 Å². The van der Waals surface area contributed by atoms with Crippen molar-refractivity contribution in [1.82, 2.24) is 10.2 Å². The van der Waals surface area contributed by atoms with E-state index in [-0.39, 0.29) is 18.3 Å². The number of amides is 1. The molecule has 1 aliphatic rings. The van der Waals surface area contributed by atoms with E-state index in [0.29, 0.717) is 6.04 Å². The van der Waals surface area contributed by atoms with Crippen molar-refractivity contribution in [2.24, 2.45) is 0 Å². The van der Waals surface area contributed by atoms with Gasteiger partial charge in [-0.05, 0) is 31.5 Å². The van der Waals surface area contributed by atoms with E-state index in [2.05, 4.69) is 5.32 Å². The Morgan fingerprint density at radius 2 is 2.12 bits per heavy atom. The molecule has 1 fully saturated rings. The summed E-state index contributed by atoms with van der Waals surface area (Å²) in [4.78, 5) is 14.1. The van der Waals surface area contributed by atoms with Crippen LogP contribution in [0.4, 0.5) is 0 Å². The van der Waals surface area contributed by atoms with Crippen LogP contribution in [0.15, 0.2) is 24.3 Å². The number of benzene rings is 1. The average molecular weight is 255 g/mol. The van der Waals surface area contributed by atoms with Crippen LogP contribution in [0.2, 0.25) is 0 Å². The molecule has 0 spiro atoms. The van der Waals surface area contributed by atoms with Crippen molar-refractivity contribution in [3.8, 4) is 0 Å². The van der Waals surface area contributed by atoms with Crippen molar-refractivity contribution >= 4 is 18.3 Å². The van der Waals surface area contributed by atoms with Gasteiger partial charge in [0.2, 0.25) is 0 Å². The van der Waals surface area contributed by atoms with Gasteiger partial charge in [-0.2, -0.15) is 0 Å². The Hall–Kier alpha value is -1.06. The van der Waals surface area contributed by atoms with Gasteiger partial charge in [-0.25, -0.2) is 0 Å². The molecule has 1 saturated heterocycles. The molecule has 0 aliphatic carbocycles. The van der Waals surface area contributed by atoms with E-state index in [1.54, 1.807) is 0 Å². The van der Waals surface area contributed by atoms with E-state index in [4.69, 9.17) is 0 Å². The van der Waals surface area contributed by atoms with Gasteiger partial charge < -0.3 is 10.2 Å². The molecule has 0 bridgehead atoms. The van der Waals surface area contributed by atoms with Crippen LogP contribution in [0.5, 0.6) is 0 Å². The molecule has 0 radical (unpaired) electrons. The van der Waals surface area contributed by atoms with Crippen molar-refractivity contribution in [3.05, 3.63) is 35.4 Å². The van der Waals surface area contributed by atoms with Crippen molar-refractivity contribution in [2.75, 3.05) is 20.1 Å². The predicted molar refractivity (Wildman–Crippen MR) is 71.8 cm³/mol. The van der Waals surface area contributed by atoms with Crippen LogP contribution in [0, 0.1) is 6.92 Å². The van der Waals surface area contributed by atoms with Gasteiger partial charge in [-0.1, -0.05) is 18.2 Å². The summed E-state index contributed by atoms with van der Waals surface area (Å²) in [6, 6.07) is 8.10. The predicted octanol–water partition coefficient (Wildman–Crippen LogP) is 1.85. The second-order valence-electron chi connectivity index (χ2n) is 4.38. The van der Waals surface area contributed by atoms with Gasteiger partial charge in [0.15, 0.2) is 0 Å². The molecule has 1 aromatic carbocycles. The zero-order chi connectivity index (χ0) is 11.5. The topological polar surface area (TPSA) is 32.3 Å². The summed E-state index contributed by atoms with van der Waals surface area (Å²) in [5, 5.41) is 3.28. The highest BCUT2D eigenvalue weighted by atomic mass is 35.5. The number of nitrogens with one attached hydrogen (secondary N) is 1. The number of rotatable bonds is 2. The molecular weight excluding hydrogens is 236 g/mol. The van der Waals surface area contributed by atoms with Gasteiger partial charge in [0, 0.05) is 25.2 Å². The lowest BCUT2D eigenvalue weighted by molar-refractivity contribution is 0.0743. The first kappa shape index (κ1) is 14.0. The fourth-order valence-corrected chi connectivity index (χ4v) is 2.14. The van der Waals surface area contributed by atoms with Crippen LogP contribution in [-0.4, -0.2) is 37.0 Å². The molecule has 1 aromatic rings. The summed E-state index contributed by atoms with van der Waals surface area (Å²) in [5.41, 5.74) is 1.86. The number of carbonyl (C=O) groups excluding carboxylic acids is 1. The van der Waals surface area contributed by atoms with Crippen molar-refractivity contribution in [3.63, 3.8) is 0 Å². The number of likely N-dealkylation sites (N-methyl/N-ethyl adjacent to an activating group) is 1. The van der Waals surface area contributed by atoms with Gasteiger partial charge in [-0.15, -0.1) is 12.4 Å². The molecule has 2 rings (SSSR count). The minimum atomic E-state index is 0. The van der Waals surface area contributed by atoms with Crippen LogP contribution in [0.25, 0.3) is 0 Å². The Bertz CT molecular complexity index is 389. The van der Waals surface area contributed by atoms with Crippen molar-refractivity contribution < 1.29 is 4.79 Å². The second-order valence-corrected chi connectivity index (χ2v) is 4.38. The largest absolute Gasteiger partial charge is 0.337 e. The molecule has 1 heterocycles. The molecule has 1 aliphatic heterocycles. The molecule has 0 unspecified atom stereocenters. The fraction of sp³-hybridized carbons (Fsp3) is 0.462. The van der Waals surface area contributed by atoms with E-state index in [0.717, 1.165) is 30.6 Å². The van der Waals surface area contributed by atoms with Crippen LogP contribution in [0.1, 0.15) is 22.3 Å². The quantitative estimate of drug-likeness (QED) is 0.874. The van der Waals surface area contributed by atoms with Crippen LogP contribution in [-0.2, 0) is 0 Å². The first-order valence-corrected chi connectivity index (χ1v) is 5.73. The lowest BCUT2D eigenvalue weighted by Gasteiger charge is -2.24. The number of halogens is 1. The lowest BCUT2D eigenvalue weighted by atomic mass is 10.1. The van der Waals surface area contributed by atoms with E-state index in [1.165, 1.54) is 0 Å². The molecule has 1 amide bonds. The Morgan fingerprint density at radius 3 is 2.71 bits per heavy atom. The summed E-state index contributed by atoms with van der Waals surface area (Å²) in [6.45, 7) is 3.90. The Kier molecular flexibility index (Phi) is 4.97. The van der Waals surface area contributed by atoms with Gasteiger partial charge in [0.1, 0.15) is 0 Å². The van der Waals surface area contributed by atoms with Gasteiger partial charge >= 0.3 is 0 Å². The maximum absolute atomic E-state index is 12.3. The van der Waals surface area contributed by atoms with Crippen LogP contribution < -0.4 is 5.32 Å². The molecule has 4 heteroatoms. The lowest BCUT2D eigenvalue weighted by Crippen LogP contribution is -2.38. The smallest absolute Gasteiger partial charge is 0.254 e. The third-order valence-electron chi connectivity index (χ3n) is 3.28. The van der Waals surface area contributed by atoms with Gasteiger partial charge in [0.05, 0.1) is 0 Å². The molecule has 94 valence electrons. The number of aryl methyl sites for hydroxylation is 1. The van der Waals surface area contributed by atoms with Crippen LogP contribution >= 0.6 is 12.4 Å². The standard InChI is InChI=1S/C13H18N2O.ClH/c1-10-5-3-4-6-12(10)13(16)15(2)11-7-8-14-9-11;/h3-6,11,14H,7-9H2,1-2H3;1H/t11-;/m1./s1. The number of carbonyl (C=O) groups is 1. The summed E-state index contributed by atoms with van der Waals surface area (Å²) >= 11 is 0. The Labute approximate surface area is 109 Å². The maximum Gasteiger partial charge on any atom is 0.254 e. The SMILES string of the molecule is Cc1ccccc1C(=O)N(C)[C@@H]1CCNC1.Cl. The second kappa shape index (κ2) is 6.03. The third kappa shape index (κ3) is 2.99. The van der Waals surface area contributed by atoms with Gasteiger partial charge in [0.25, 0.3) is 5.91 Å². The first-order chi connectivity index (χ1) is 7.70. The molecule has 0 aromatic heterocycles. The zero-order valence-corrected chi connectivity index (χ0v) is 11.1. The number of nitrogens with zero attached hydrogens (tertiary/aromatic N) is 1. The molecule has 3 nitrogen and oxygen atoms in total. The number of hydrogen-bond acceptors (Lipinski definition) is 2. The highest BCUT2D eigenvalue weighted by Crippen LogP contribution is 2.14. The average Bonchev–Trinajstić information content (AvgIpc) is 2.81. The summed E-state index contributed by atoms with van der Waals surface area (Å²) < 4.78 is 0. The number of hydrogen-bond donors (Lipinski definition) is 1. The van der Waals surface area contributed by atoms with E-state index in [9.17, 15) is 4.79 Å². The molecular formula is C13H19ClN2O. The zero-order valence-electron chi connectivity index (χ0n) is 10.3. The van der Waals surface area contributed by atoms with E-state index in [1.807, 2.05) is 43.1 Å². The van der Waals surface area contributed by atoms with Crippen molar-refractivity contribution in [2.45, 2.75) is 19.4 Å². The normalized spacial score (nSPS) is 18.6. The molecule has 0 saturated carbocycles. The monoisotopic (exact) mass is 254 g/mol. The van der Waals surface area contributed by atoms with Crippen LogP contribution in [0.3, 0.4) is 0 Å². The van der Waals surface area contributed by atoms with E-state index >= 15 is 0 Å². The molecule has 17 heavy (non-hydrogen) atoms. The first-order valence-electron chi connectivity index (χ1n) is 5.73. The molecule has 1 N–H and O–H groups in total.